The minimum absolute atomic E-state index is 0.00339. The first kappa shape index (κ1) is 16.5. The molecular formula is C19H14N4O4. The van der Waals surface area contributed by atoms with Gasteiger partial charge < -0.3 is 8.94 Å². The summed E-state index contributed by atoms with van der Waals surface area (Å²) in [5, 5.41) is 4.28. The number of rotatable bonds is 3. The highest BCUT2D eigenvalue weighted by Gasteiger charge is 2.17. The Morgan fingerprint density at radius 3 is 2.56 bits per heavy atom. The van der Waals surface area contributed by atoms with Crippen molar-refractivity contribution in [3.8, 4) is 11.5 Å². The number of nitrogens with zero attached hydrogens (tertiary/aromatic N) is 2. The second-order valence-electron chi connectivity index (χ2n) is 5.79. The van der Waals surface area contributed by atoms with Gasteiger partial charge in [0.2, 0.25) is 5.76 Å². The Bertz CT molecular complexity index is 1130. The standard InChI is InChI=1S/C19H14N4O4/c1-11-9-17(27-23-11)19(25)22-21-18(24)13-10-15(16-7-4-8-26-16)20-14-6-3-2-5-12(13)14/h2-10H,1H3,(H,21,24)(H,22,25). The van der Waals surface area contributed by atoms with Crippen LogP contribution in [-0.4, -0.2) is 22.0 Å². The Hall–Kier alpha value is -3.94. The summed E-state index contributed by atoms with van der Waals surface area (Å²) in [6.45, 7) is 1.69. The van der Waals surface area contributed by atoms with E-state index in [2.05, 4.69) is 21.0 Å². The number of aromatic nitrogens is 2. The summed E-state index contributed by atoms with van der Waals surface area (Å²) in [5.74, 6) is -0.556. The maximum atomic E-state index is 12.7. The number of aryl methyl sites for hydroxylation is 1. The largest absolute Gasteiger partial charge is 0.463 e. The zero-order valence-corrected chi connectivity index (χ0v) is 14.2. The van der Waals surface area contributed by atoms with Gasteiger partial charge in [-0.3, -0.25) is 20.4 Å². The number of hydrogen-bond donors (Lipinski definition) is 2. The van der Waals surface area contributed by atoms with Gasteiger partial charge in [0.1, 0.15) is 5.69 Å². The van der Waals surface area contributed by atoms with Crippen molar-refractivity contribution in [3.63, 3.8) is 0 Å². The summed E-state index contributed by atoms with van der Waals surface area (Å²) < 4.78 is 10.2. The molecule has 4 rings (SSSR count). The summed E-state index contributed by atoms with van der Waals surface area (Å²) in [6.07, 6.45) is 1.53. The molecule has 0 fully saturated rings. The van der Waals surface area contributed by atoms with E-state index < -0.39 is 11.8 Å². The van der Waals surface area contributed by atoms with Gasteiger partial charge in [-0.2, -0.15) is 0 Å². The fraction of sp³-hybridized carbons (Fsp3) is 0.0526. The lowest BCUT2D eigenvalue weighted by atomic mass is 10.1. The second kappa shape index (κ2) is 6.75. The van der Waals surface area contributed by atoms with Crippen molar-refractivity contribution in [1.29, 1.82) is 0 Å². The number of hydrazine groups is 1. The predicted molar refractivity (Wildman–Crippen MR) is 95.6 cm³/mol. The molecule has 8 nitrogen and oxygen atoms in total. The molecule has 0 radical (unpaired) electrons. The van der Waals surface area contributed by atoms with Crippen molar-refractivity contribution in [1.82, 2.24) is 21.0 Å². The van der Waals surface area contributed by atoms with E-state index in [0.717, 1.165) is 0 Å². The number of para-hydroxylation sites is 1. The van der Waals surface area contributed by atoms with Gasteiger partial charge in [-0.1, -0.05) is 23.4 Å². The van der Waals surface area contributed by atoms with Crippen LogP contribution in [0.5, 0.6) is 0 Å². The van der Waals surface area contributed by atoms with E-state index in [1.807, 2.05) is 12.1 Å². The van der Waals surface area contributed by atoms with Gasteiger partial charge in [-0.05, 0) is 31.2 Å². The van der Waals surface area contributed by atoms with Gasteiger partial charge in [0, 0.05) is 11.5 Å². The Labute approximate surface area is 153 Å². The molecule has 1 aromatic carbocycles. The van der Waals surface area contributed by atoms with Crippen LogP contribution >= 0.6 is 0 Å². The number of benzene rings is 1. The average molecular weight is 362 g/mol. The van der Waals surface area contributed by atoms with E-state index in [-0.39, 0.29) is 5.76 Å². The number of nitrogens with one attached hydrogen (secondary N) is 2. The van der Waals surface area contributed by atoms with Crippen LogP contribution in [0.2, 0.25) is 0 Å². The number of carbonyl (C=O) groups excluding carboxylic acids is 2. The third-order valence-electron chi connectivity index (χ3n) is 3.88. The molecule has 3 aromatic heterocycles. The van der Waals surface area contributed by atoms with Gasteiger partial charge in [-0.25, -0.2) is 4.98 Å². The molecule has 3 heterocycles. The Balaban J connectivity index is 1.63. The van der Waals surface area contributed by atoms with Crippen LogP contribution in [0.3, 0.4) is 0 Å². The van der Waals surface area contributed by atoms with Crippen LogP contribution in [0, 0.1) is 6.92 Å². The highest BCUT2D eigenvalue weighted by Crippen LogP contribution is 2.25. The van der Waals surface area contributed by atoms with Crippen LogP contribution in [0.1, 0.15) is 26.6 Å². The Morgan fingerprint density at radius 2 is 1.81 bits per heavy atom. The maximum Gasteiger partial charge on any atom is 0.308 e. The molecular weight excluding hydrogens is 348 g/mol. The van der Waals surface area contributed by atoms with E-state index in [1.54, 1.807) is 37.3 Å². The zero-order valence-electron chi connectivity index (χ0n) is 14.2. The Kier molecular flexibility index (Phi) is 4.13. The molecule has 4 aromatic rings. The highest BCUT2D eigenvalue weighted by molar-refractivity contribution is 6.07. The molecule has 0 aliphatic carbocycles. The molecule has 0 aliphatic heterocycles. The summed E-state index contributed by atoms with van der Waals surface area (Å²) in [4.78, 5) is 29.2. The van der Waals surface area contributed by atoms with Crippen LogP contribution in [0.4, 0.5) is 0 Å². The number of pyridine rings is 1. The fourth-order valence-corrected chi connectivity index (χ4v) is 2.63. The third-order valence-corrected chi connectivity index (χ3v) is 3.88. The molecule has 0 bridgehead atoms. The quantitative estimate of drug-likeness (QED) is 0.542. The molecule has 0 saturated heterocycles. The van der Waals surface area contributed by atoms with Crippen LogP contribution in [0.15, 0.2) is 63.7 Å². The summed E-state index contributed by atoms with van der Waals surface area (Å²) in [6, 6.07) is 13.8. The number of furan rings is 1. The van der Waals surface area contributed by atoms with Crippen LogP contribution in [-0.2, 0) is 0 Å². The van der Waals surface area contributed by atoms with E-state index in [4.69, 9.17) is 8.94 Å². The highest BCUT2D eigenvalue weighted by atomic mass is 16.5. The van der Waals surface area contributed by atoms with Gasteiger partial charge in [0.05, 0.1) is 23.0 Å². The van der Waals surface area contributed by atoms with Crippen molar-refractivity contribution in [3.05, 3.63) is 71.8 Å². The molecule has 2 N–H and O–H groups in total. The lowest BCUT2D eigenvalue weighted by Crippen LogP contribution is -2.41. The smallest absolute Gasteiger partial charge is 0.308 e. The minimum atomic E-state index is -0.603. The number of fused-ring (bicyclic) bond motifs is 1. The second-order valence-corrected chi connectivity index (χ2v) is 5.79. The molecule has 0 atom stereocenters. The maximum absolute atomic E-state index is 12.7. The molecule has 0 spiro atoms. The van der Waals surface area contributed by atoms with Gasteiger partial charge >= 0.3 is 5.91 Å². The SMILES string of the molecule is Cc1cc(C(=O)NNC(=O)c2cc(-c3ccco3)nc3ccccc23)on1. The third kappa shape index (κ3) is 3.28. The molecule has 0 unspecified atom stereocenters. The minimum Gasteiger partial charge on any atom is -0.463 e. The van der Waals surface area contributed by atoms with Crippen molar-refractivity contribution >= 4 is 22.7 Å². The first-order valence-electron chi connectivity index (χ1n) is 8.09. The van der Waals surface area contributed by atoms with Gasteiger partial charge in [0.25, 0.3) is 5.91 Å². The van der Waals surface area contributed by atoms with Crippen LogP contribution in [0.25, 0.3) is 22.4 Å². The zero-order chi connectivity index (χ0) is 18.8. The van der Waals surface area contributed by atoms with E-state index in [0.29, 0.717) is 33.6 Å². The lowest BCUT2D eigenvalue weighted by Gasteiger charge is -2.10. The van der Waals surface area contributed by atoms with E-state index in [1.165, 1.54) is 12.3 Å². The first-order chi connectivity index (χ1) is 13.1. The van der Waals surface area contributed by atoms with Crippen molar-refractivity contribution in [2.45, 2.75) is 6.92 Å². The predicted octanol–water partition coefficient (Wildman–Crippen LogP) is 2.87. The van der Waals surface area contributed by atoms with Gasteiger partial charge in [0.15, 0.2) is 5.76 Å². The van der Waals surface area contributed by atoms with E-state index >= 15 is 0 Å². The molecule has 2 amide bonds. The molecule has 134 valence electrons. The normalized spacial score (nSPS) is 10.7. The van der Waals surface area contributed by atoms with E-state index in [9.17, 15) is 9.59 Å². The van der Waals surface area contributed by atoms with Crippen molar-refractivity contribution < 1.29 is 18.5 Å². The number of carbonyl (C=O) groups is 2. The average Bonchev–Trinajstić information content (AvgIpc) is 3.37. The lowest BCUT2D eigenvalue weighted by molar-refractivity contribution is 0.0826. The fourth-order valence-electron chi connectivity index (χ4n) is 2.63. The van der Waals surface area contributed by atoms with Crippen molar-refractivity contribution in [2.24, 2.45) is 0 Å². The molecule has 0 aliphatic rings. The van der Waals surface area contributed by atoms with Gasteiger partial charge in [-0.15, -0.1) is 0 Å². The number of amides is 2. The first-order valence-corrected chi connectivity index (χ1v) is 8.09. The summed E-state index contributed by atoms with van der Waals surface area (Å²) >= 11 is 0. The monoisotopic (exact) mass is 362 g/mol. The summed E-state index contributed by atoms with van der Waals surface area (Å²) in [5.41, 5.74) is 6.76. The molecule has 0 saturated carbocycles. The van der Waals surface area contributed by atoms with Crippen LogP contribution < -0.4 is 10.9 Å². The summed E-state index contributed by atoms with van der Waals surface area (Å²) in [7, 11) is 0. The molecule has 8 heteroatoms. The molecule has 27 heavy (non-hydrogen) atoms. The van der Waals surface area contributed by atoms with Crippen molar-refractivity contribution in [2.75, 3.05) is 0 Å². The Morgan fingerprint density at radius 1 is 1.00 bits per heavy atom. The number of hydrogen-bond acceptors (Lipinski definition) is 6. The topological polar surface area (TPSA) is 110 Å².